The Kier molecular flexibility index (Phi) is 5.01. The number of hydrogen-bond acceptors (Lipinski definition) is 4. The molecule has 1 atom stereocenters. The Balaban J connectivity index is 2.04. The van der Waals surface area contributed by atoms with E-state index in [9.17, 15) is 0 Å². The average molecular weight is 289 g/mol. The smallest absolute Gasteiger partial charge is 0.228 e. The van der Waals surface area contributed by atoms with Crippen molar-refractivity contribution in [3.63, 3.8) is 0 Å². The molecule has 100 valence electrons. The predicted octanol–water partition coefficient (Wildman–Crippen LogP) is 3.95. The molecule has 1 saturated carbocycles. The van der Waals surface area contributed by atoms with Crippen molar-refractivity contribution in [1.82, 2.24) is 15.0 Å². The van der Waals surface area contributed by atoms with Crippen LogP contribution < -0.4 is 5.32 Å². The summed E-state index contributed by atoms with van der Waals surface area (Å²) in [6.45, 7) is 2.18. The third-order valence-electron chi connectivity index (χ3n) is 3.55. The third kappa shape index (κ3) is 3.69. The largest absolute Gasteiger partial charge is 0.351 e. The number of aromatic nitrogens is 3. The fraction of sp³-hybridized carbons (Fsp3) is 0.750. The standard InChI is InChI=1S/C12H18Cl2N4/c1-2-9(8-6-4-3-5-7-8)15-12-17-10(13)16-11(14)18-12/h8-9H,2-7H2,1H3,(H,15,16,17,18). The van der Waals surface area contributed by atoms with Crippen LogP contribution in [-0.4, -0.2) is 21.0 Å². The zero-order chi connectivity index (χ0) is 13.0. The maximum atomic E-state index is 5.78. The highest BCUT2D eigenvalue weighted by molar-refractivity contribution is 6.31. The Morgan fingerprint density at radius 3 is 2.28 bits per heavy atom. The molecule has 0 aromatic carbocycles. The van der Waals surface area contributed by atoms with Crippen LogP contribution in [-0.2, 0) is 0 Å². The van der Waals surface area contributed by atoms with Crippen molar-refractivity contribution in [1.29, 1.82) is 0 Å². The maximum Gasteiger partial charge on any atom is 0.228 e. The molecular weight excluding hydrogens is 271 g/mol. The molecule has 0 spiro atoms. The maximum absolute atomic E-state index is 5.78. The number of nitrogens with zero attached hydrogens (tertiary/aromatic N) is 3. The van der Waals surface area contributed by atoms with Gasteiger partial charge in [0.25, 0.3) is 0 Å². The summed E-state index contributed by atoms with van der Waals surface area (Å²) in [5.74, 6) is 1.18. The van der Waals surface area contributed by atoms with Gasteiger partial charge in [0.15, 0.2) is 0 Å². The number of nitrogens with one attached hydrogen (secondary N) is 1. The van der Waals surface area contributed by atoms with E-state index < -0.39 is 0 Å². The van der Waals surface area contributed by atoms with Gasteiger partial charge in [-0.1, -0.05) is 26.2 Å². The third-order valence-corrected chi connectivity index (χ3v) is 3.89. The zero-order valence-corrected chi connectivity index (χ0v) is 12.0. The molecule has 0 aliphatic heterocycles. The Morgan fingerprint density at radius 2 is 1.72 bits per heavy atom. The van der Waals surface area contributed by atoms with Crippen LogP contribution in [0.1, 0.15) is 45.4 Å². The van der Waals surface area contributed by atoms with Crippen LogP contribution in [0, 0.1) is 5.92 Å². The Morgan fingerprint density at radius 1 is 1.11 bits per heavy atom. The lowest BCUT2D eigenvalue weighted by Gasteiger charge is -2.30. The number of anilines is 1. The van der Waals surface area contributed by atoms with Crippen molar-refractivity contribution < 1.29 is 0 Å². The highest BCUT2D eigenvalue weighted by Gasteiger charge is 2.23. The average Bonchev–Trinajstić information content (AvgIpc) is 2.36. The minimum Gasteiger partial charge on any atom is -0.351 e. The summed E-state index contributed by atoms with van der Waals surface area (Å²) >= 11 is 11.6. The second-order valence-electron chi connectivity index (χ2n) is 4.75. The van der Waals surface area contributed by atoms with E-state index in [0.717, 1.165) is 6.42 Å². The summed E-state index contributed by atoms with van der Waals surface area (Å²) in [5.41, 5.74) is 0. The minimum atomic E-state index is 0.135. The fourth-order valence-corrected chi connectivity index (χ4v) is 3.01. The first-order chi connectivity index (χ1) is 8.69. The van der Waals surface area contributed by atoms with Crippen molar-refractivity contribution in [2.45, 2.75) is 51.5 Å². The van der Waals surface area contributed by atoms with E-state index in [1.165, 1.54) is 32.1 Å². The molecule has 1 aliphatic carbocycles. The second-order valence-corrected chi connectivity index (χ2v) is 5.43. The summed E-state index contributed by atoms with van der Waals surface area (Å²) in [6, 6.07) is 0.389. The Hall–Kier alpha value is -0.610. The fourth-order valence-electron chi connectivity index (χ4n) is 2.65. The van der Waals surface area contributed by atoms with Crippen molar-refractivity contribution in [2.75, 3.05) is 5.32 Å². The SMILES string of the molecule is CCC(Nc1nc(Cl)nc(Cl)n1)C1CCCCC1. The lowest BCUT2D eigenvalue weighted by Crippen LogP contribution is -2.31. The molecule has 6 heteroatoms. The summed E-state index contributed by atoms with van der Waals surface area (Å²) in [5, 5.41) is 3.62. The highest BCUT2D eigenvalue weighted by atomic mass is 35.5. The quantitative estimate of drug-likeness (QED) is 0.911. The van der Waals surface area contributed by atoms with Crippen molar-refractivity contribution in [2.24, 2.45) is 5.92 Å². The molecule has 18 heavy (non-hydrogen) atoms. The monoisotopic (exact) mass is 288 g/mol. The molecule has 1 aromatic rings. The predicted molar refractivity (Wildman–Crippen MR) is 74.1 cm³/mol. The number of hydrogen-bond donors (Lipinski definition) is 1. The van der Waals surface area contributed by atoms with Gasteiger partial charge in [0.2, 0.25) is 16.5 Å². The lowest BCUT2D eigenvalue weighted by molar-refractivity contribution is 0.312. The van der Waals surface area contributed by atoms with Gasteiger partial charge in [-0.25, -0.2) is 0 Å². The van der Waals surface area contributed by atoms with Crippen LogP contribution >= 0.6 is 23.2 Å². The van der Waals surface area contributed by atoms with Gasteiger partial charge in [0.05, 0.1) is 0 Å². The van der Waals surface area contributed by atoms with Gasteiger partial charge >= 0.3 is 0 Å². The molecular formula is C12H18Cl2N4. The summed E-state index contributed by atoms with van der Waals surface area (Å²) in [6.07, 6.45) is 7.60. The summed E-state index contributed by atoms with van der Waals surface area (Å²) in [4.78, 5) is 11.9. The van der Waals surface area contributed by atoms with Crippen molar-refractivity contribution >= 4 is 29.2 Å². The molecule has 0 amide bonds. The first-order valence-corrected chi connectivity index (χ1v) is 7.28. The van der Waals surface area contributed by atoms with Crippen molar-refractivity contribution in [3.8, 4) is 0 Å². The summed E-state index contributed by atoms with van der Waals surface area (Å²) in [7, 11) is 0. The van der Waals surface area contributed by atoms with E-state index in [0.29, 0.717) is 17.9 Å². The topological polar surface area (TPSA) is 50.7 Å². The number of halogens is 2. The zero-order valence-electron chi connectivity index (χ0n) is 10.5. The van der Waals surface area contributed by atoms with Crippen molar-refractivity contribution in [3.05, 3.63) is 10.6 Å². The van der Waals surface area contributed by atoms with Gasteiger partial charge in [-0.05, 0) is 48.4 Å². The van der Waals surface area contributed by atoms with E-state index in [2.05, 4.69) is 27.2 Å². The molecule has 0 bridgehead atoms. The van der Waals surface area contributed by atoms with E-state index in [4.69, 9.17) is 23.2 Å². The van der Waals surface area contributed by atoms with Crippen LogP contribution in [0.5, 0.6) is 0 Å². The molecule has 0 radical (unpaired) electrons. The van der Waals surface area contributed by atoms with E-state index in [1.807, 2.05) is 0 Å². The molecule has 1 unspecified atom stereocenters. The molecule has 1 N–H and O–H groups in total. The molecule has 2 rings (SSSR count). The highest BCUT2D eigenvalue weighted by Crippen LogP contribution is 2.29. The van der Waals surface area contributed by atoms with Gasteiger partial charge in [-0.2, -0.15) is 15.0 Å². The van der Waals surface area contributed by atoms with Gasteiger partial charge in [0.1, 0.15) is 0 Å². The normalized spacial score (nSPS) is 18.6. The summed E-state index contributed by atoms with van der Waals surface area (Å²) < 4.78 is 0. The Bertz CT molecular complexity index is 373. The second kappa shape index (κ2) is 6.53. The molecule has 1 aromatic heterocycles. The van der Waals surface area contributed by atoms with Gasteiger partial charge in [-0.15, -0.1) is 0 Å². The molecule has 4 nitrogen and oxygen atoms in total. The van der Waals surface area contributed by atoms with E-state index in [1.54, 1.807) is 0 Å². The van der Waals surface area contributed by atoms with E-state index >= 15 is 0 Å². The van der Waals surface area contributed by atoms with Gasteiger partial charge in [-0.3, -0.25) is 0 Å². The van der Waals surface area contributed by atoms with Crippen LogP contribution in [0.25, 0.3) is 0 Å². The first-order valence-electron chi connectivity index (χ1n) is 6.52. The van der Waals surface area contributed by atoms with Gasteiger partial charge in [0, 0.05) is 6.04 Å². The molecule has 1 aliphatic rings. The molecule has 1 heterocycles. The Labute approximate surface area is 118 Å². The van der Waals surface area contributed by atoms with E-state index in [-0.39, 0.29) is 10.6 Å². The van der Waals surface area contributed by atoms with Crippen LogP contribution in [0.15, 0.2) is 0 Å². The van der Waals surface area contributed by atoms with Crippen LogP contribution in [0.2, 0.25) is 10.6 Å². The van der Waals surface area contributed by atoms with Crippen LogP contribution in [0.4, 0.5) is 5.95 Å². The molecule has 0 saturated heterocycles. The lowest BCUT2D eigenvalue weighted by atomic mass is 9.83. The minimum absolute atomic E-state index is 0.135. The number of rotatable bonds is 4. The van der Waals surface area contributed by atoms with Gasteiger partial charge < -0.3 is 5.32 Å². The first kappa shape index (κ1) is 13.8. The van der Waals surface area contributed by atoms with Crippen LogP contribution in [0.3, 0.4) is 0 Å². The molecule has 1 fully saturated rings.